The second-order valence-corrected chi connectivity index (χ2v) is 50.7. The third kappa shape index (κ3) is 0.564. The summed E-state index contributed by atoms with van der Waals surface area (Å²) in [5.74, 6) is 0. The molecule has 12 rings (SSSR count). The molecule has 0 N–H and O–H groups in total. The molecule has 0 amide bonds. The molecule has 3 heteroatoms. The summed E-state index contributed by atoms with van der Waals surface area (Å²) in [6, 6.07) is 0. The van der Waals surface area contributed by atoms with E-state index in [9.17, 15) is 0 Å². The Morgan fingerprint density at radius 2 is 1.03 bits per heavy atom. The van der Waals surface area contributed by atoms with Crippen LogP contribution in [0.25, 0.3) is 0 Å². The quantitative estimate of drug-likeness (QED) is 0.226. The first-order valence-corrected chi connectivity index (χ1v) is 25.5. The Morgan fingerprint density at radius 3 is 1.31 bits per heavy atom. The van der Waals surface area contributed by atoms with Gasteiger partial charge >= 0.3 is 209 Å². The summed E-state index contributed by atoms with van der Waals surface area (Å²) in [6.45, 7) is 12.9. The topological polar surface area (TPSA) is 0 Å². The van der Waals surface area contributed by atoms with E-state index in [0.717, 1.165) is 4.31 Å². The fourth-order valence-electron chi connectivity index (χ4n) is 23.0. The van der Waals surface area contributed by atoms with Gasteiger partial charge in [-0.05, 0) is 0 Å². The Kier molecular flexibility index (Phi) is 1.76. The minimum absolute atomic E-state index is 0.0662. The Labute approximate surface area is 208 Å². The minimum atomic E-state index is -3.14. The van der Waals surface area contributed by atoms with Crippen molar-refractivity contribution in [2.24, 2.45) is 0 Å². The third-order valence-electron chi connectivity index (χ3n) is 21.6. The molecule has 2 saturated carbocycles. The van der Waals surface area contributed by atoms with Crippen molar-refractivity contribution < 1.29 is 6.51 Å². The standard InChI is InChI=1S/C27H47P2.C5H5.Fe/c1-26(2,3)28(27(4,5)6)21-25(22-15-13-14-16-22)29(23-17-9-7-10-18-23)24-19-11-8-12-20-24;1-2-4-5-3-1;/h13-16,23-25H,7-12,17-21H2,1-6H3;1-5H;. The van der Waals surface area contributed by atoms with Crippen LogP contribution in [-0.4, -0.2) is 33.5 Å². The first kappa shape index (κ1) is 20.3. The second-order valence-electron chi connectivity index (χ2n) is 20.2. The van der Waals surface area contributed by atoms with E-state index in [1.807, 2.05) is 0 Å². The molecule has 0 aromatic rings. The van der Waals surface area contributed by atoms with Crippen LogP contribution in [0, 0.1) is 0 Å². The molecule has 35 heavy (non-hydrogen) atoms. The van der Waals surface area contributed by atoms with Gasteiger partial charge < -0.3 is 0 Å². The van der Waals surface area contributed by atoms with Gasteiger partial charge in [-0.3, -0.25) is 0 Å². The molecule has 10 saturated heterocycles. The van der Waals surface area contributed by atoms with Crippen molar-refractivity contribution in [2.45, 2.75) is 181 Å². The Balaban J connectivity index is 1.07. The van der Waals surface area contributed by atoms with Crippen LogP contribution in [-0.2, 0) is 6.51 Å². The van der Waals surface area contributed by atoms with Crippen molar-refractivity contribution in [1.29, 1.82) is 0 Å². The van der Waals surface area contributed by atoms with Gasteiger partial charge in [0, 0.05) is 0 Å². The van der Waals surface area contributed by atoms with Crippen LogP contribution < -0.4 is 0 Å². The molecule has 12 aliphatic rings. The second kappa shape index (κ2) is 3.04. The van der Waals surface area contributed by atoms with Crippen LogP contribution in [0.15, 0.2) is 0 Å². The monoisotopic (exact) mass is 554 g/mol. The summed E-state index contributed by atoms with van der Waals surface area (Å²) in [5, 5.41) is 1.06. The van der Waals surface area contributed by atoms with Gasteiger partial charge in [0.2, 0.25) is 0 Å². The van der Waals surface area contributed by atoms with Gasteiger partial charge in [-0.2, -0.15) is 0 Å². The van der Waals surface area contributed by atoms with Crippen LogP contribution in [0.3, 0.4) is 0 Å². The Hall–Kier alpha value is 1.38. The van der Waals surface area contributed by atoms with Gasteiger partial charge in [0.25, 0.3) is 0 Å². The van der Waals surface area contributed by atoms with Crippen LogP contribution >= 0.6 is 15.8 Å². The molecule has 1 spiro atoms. The summed E-state index contributed by atoms with van der Waals surface area (Å²) in [6.07, 6.45) is 17.9. The molecule has 10 aliphatic heterocycles. The molecule has 0 radical (unpaired) electrons. The Bertz CT molecular complexity index is 1310. The number of rotatable bonds is 6. The number of hydrogen-bond donors (Lipinski definition) is 0. The van der Waals surface area contributed by atoms with Crippen molar-refractivity contribution in [3.8, 4) is 0 Å². The van der Waals surface area contributed by atoms with E-state index in [-0.39, 0.29) is 15.8 Å². The van der Waals surface area contributed by atoms with E-state index in [1.54, 1.807) is 70.4 Å². The van der Waals surface area contributed by atoms with Crippen molar-refractivity contribution in [1.82, 2.24) is 0 Å². The van der Waals surface area contributed by atoms with E-state index in [1.165, 1.54) is 60.3 Å². The summed E-state index contributed by atoms with van der Waals surface area (Å²) in [4.78, 5) is 13.7. The number of hydrogen-bond acceptors (Lipinski definition) is 0. The summed E-state index contributed by atoms with van der Waals surface area (Å²) < 4.78 is 1.15. The molecule has 0 nitrogen and oxygen atoms in total. The van der Waals surface area contributed by atoms with Gasteiger partial charge in [-0.1, -0.05) is 0 Å². The van der Waals surface area contributed by atoms with Crippen LogP contribution in [0.2, 0.25) is 47.7 Å². The summed E-state index contributed by atoms with van der Waals surface area (Å²) in [5.41, 5.74) is 3.69. The maximum absolute atomic E-state index is 3.14. The fourth-order valence-corrected chi connectivity index (χ4v) is 110. The molecule has 12 fully saturated rings. The first-order chi connectivity index (χ1) is 16.4. The van der Waals surface area contributed by atoms with Crippen LogP contribution in [0.4, 0.5) is 0 Å². The number of fused-ring (bicyclic) bond motifs is 10. The average molecular weight is 555 g/mol. The predicted octanol–water partition coefficient (Wildman–Crippen LogP) is 11.3. The van der Waals surface area contributed by atoms with E-state index in [4.69, 9.17) is 0 Å². The molecule has 0 bridgehead atoms. The molecular weight excluding hydrogens is 502 g/mol. The Morgan fingerprint density at radius 1 is 0.629 bits per heavy atom. The third-order valence-corrected chi connectivity index (χ3v) is 72.9. The fraction of sp³-hybridized carbons (Fsp3) is 1.00. The van der Waals surface area contributed by atoms with Gasteiger partial charge in [0.15, 0.2) is 0 Å². The van der Waals surface area contributed by atoms with Crippen molar-refractivity contribution in [3.63, 3.8) is 0 Å². The zero-order valence-electron chi connectivity index (χ0n) is 23.5. The molecule has 5 unspecified atom stereocenters. The van der Waals surface area contributed by atoms with E-state index in [0.29, 0.717) is 10.3 Å². The maximum atomic E-state index is 2.67. The zero-order chi connectivity index (χ0) is 23.7. The molecule has 2 aliphatic carbocycles. The van der Waals surface area contributed by atoms with E-state index < -0.39 is 6.51 Å². The van der Waals surface area contributed by atoms with Gasteiger partial charge in [-0.25, -0.2) is 0 Å². The normalized spacial score (nSPS) is 72.7. The van der Waals surface area contributed by atoms with E-state index in [2.05, 4.69) is 41.5 Å². The molecule has 0 aromatic heterocycles. The van der Waals surface area contributed by atoms with Crippen LogP contribution in [0.1, 0.15) is 106 Å². The van der Waals surface area contributed by atoms with Crippen molar-refractivity contribution in [3.05, 3.63) is 0 Å². The molecule has 10 heterocycles. The zero-order valence-corrected chi connectivity index (χ0v) is 26.3. The van der Waals surface area contributed by atoms with E-state index >= 15 is 0 Å². The predicted molar refractivity (Wildman–Crippen MR) is 152 cm³/mol. The molecule has 198 valence electrons. The molecular formula is C32H52FeP2. The SMILES string of the molecule is CC(C)(C)P(CC(P(C1CCCCC1)C1CCCCC1)[C]12[CH]3[CH]4[CH]5[CH]1[Fe]45321678[CH]2[CH]1[CH]6[CH]7[CH]28)C(C)(C)C. The van der Waals surface area contributed by atoms with Gasteiger partial charge in [-0.15, -0.1) is 0 Å². The molecule has 5 atom stereocenters. The first-order valence-electron chi connectivity index (χ1n) is 16.1. The van der Waals surface area contributed by atoms with Crippen molar-refractivity contribution >= 4 is 15.8 Å². The van der Waals surface area contributed by atoms with Crippen LogP contribution in [0.5, 0.6) is 0 Å². The molecule has 0 aromatic carbocycles. The van der Waals surface area contributed by atoms with Gasteiger partial charge in [0.05, 0.1) is 0 Å². The van der Waals surface area contributed by atoms with Gasteiger partial charge in [0.1, 0.15) is 0 Å². The van der Waals surface area contributed by atoms with Crippen molar-refractivity contribution in [2.75, 3.05) is 6.16 Å². The summed E-state index contributed by atoms with van der Waals surface area (Å²) >= 11 is 0. The average Bonchev–Trinajstić information content (AvgIpc) is 3.74. The summed E-state index contributed by atoms with van der Waals surface area (Å²) in [7, 11) is 0.324.